The smallest absolute Gasteiger partial charge is 0.269 e. The molecule has 9 heteroatoms. The van der Waals surface area contributed by atoms with Gasteiger partial charge in [-0.25, -0.2) is 4.98 Å². The normalized spacial score (nSPS) is 10.2. The predicted octanol–water partition coefficient (Wildman–Crippen LogP) is 1.57. The first-order valence-corrected chi connectivity index (χ1v) is 8.68. The number of thiazole rings is 1. The maximum absolute atomic E-state index is 11.8. The van der Waals surface area contributed by atoms with Crippen molar-refractivity contribution in [2.75, 3.05) is 11.9 Å². The molecule has 0 unspecified atom stereocenters. The molecule has 0 radical (unpaired) electrons. The molecule has 0 aliphatic heterocycles. The number of unbranched alkanes of at least 4 members (excludes halogenated alkanes) is 2. The Morgan fingerprint density at radius 1 is 1.12 bits per heavy atom. The van der Waals surface area contributed by atoms with E-state index in [1.807, 2.05) is 0 Å². The van der Waals surface area contributed by atoms with Crippen LogP contribution in [-0.2, 0) is 4.79 Å². The largest absolute Gasteiger partial charge is 0.364 e. The molecule has 0 fully saturated rings. The SMILES string of the molecule is NC(=O)c1csc(NC(=O)CCCCCNC(=O)c2ccccn2)n1. The van der Waals surface area contributed by atoms with Gasteiger partial charge in [-0.2, -0.15) is 0 Å². The molecule has 2 aromatic heterocycles. The number of rotatable bonds is 9. The van der Waals surface area contributed by atoms with Gasteiger partial charge in [-0.15, -0.1) is 11.3 Å². The number of carbonyl (C=O) groups is 3. The van der Waals surface area contributed by atoms with Crippen molar-refractivity contribution in [1.82, 2.24) is 15.3 Å². The second kappa shape index (κ2) is 9.48. The summed E-state index contributed by atoms with van der Waals surface area (Å²) < 4.78 is 0. The first-order valence-electron chi connectivity index (χ1n) is 7.80. The summed E-state index contributed by atoms with van der Waals surface area (Å²) in [6.45, 7) is 0.533. The highest BCUT2D eigenvalue weighted by Crippen LogP contribution is 2.15. The molecule has 132 valence electrons. The minimum Gasteiger partial charge on any atom is -0.364 e. The van der Waals surface area contributed by atoms with Crippen molar-refractivity contribution >= 4 is 34.2 Å². The summed E-state index contributed by atoms with van der Waals surface area (Å²) in [5.41, 5.74) is 5.63. The van der Waals surface area contributed by atoms with E-state index in [0.29, 0.717) is 30.2 Å². The van der Waals surface area contributed by atoms with Gasteiger partial charge in [-0.3, -0.25) is 19.4 Å². The summed E-state index contributed by atoms with van der Waals surface area (Å²) in [4.78, 5) is 42.4. The molecule has 8 nitrogen and oxygen atoms in total. The van der Waals surface area contributed by atoms with Crippen LogP contribution >= 0.6 is 11.3 Å². The Bertz CT molecular complexity index is 732. The predicted molar refractivity (Wildman–Crippen MR) is 94.3 cm³/mol. The van der Waals surface area contributed by atoms with Gasteiger partial charge in [0.25, 0.3) is 11.8 Å². The van der Waals surface area contributed by atoms with Gasteiger partial charge in [0, 0.05) is 24.5 Å². The van der Waals surface area contributed by atoms with E-state index in [-0.39, 0.29) is 17.5 Å². The molecular weight excluding hydrogens is 342 g/mol. The van der Waals surface area contributed by atoms with E-state index < -0.39 is 5.91 Å². The lowest BCUT2D eigenvalue weighted by atomic mass is 10.2. The highest BCUT2D eigenvalue weighted by molar-refractivity contribution is 7.14. The summed E-state index contributed by atoms with van der Waals surface area (Å²) in [7, 11) is 0. The third-order valence-corrected chi connectivity index (χ3v) is 4.02. The molecular formula is C16H19N5O3S. The minimum absolute atomic E-state index is 0.143. The first-order chi connectivity index (χ1) is 12.1. The fraction of sp³-hybridized carbons (Fsp3) is 0.312. The molecule has 0 spiro atoms. The Labute approximate surface area is 148 Å². The van der Waals surface area contributed by atoms with Crippen LogP contribution < -0.4 is 16.4 Å². The van der Waals surface area contributed by atoms with Crippen molar-refractivity contribution < 1.29 is 14.4 Å². The summed E-state index contributed by atoms with van der Waals surface area (Å²) in [5.74, 6) is -0.986. The lowest BCUT2D eigenvalue weighted by Gasteiger charge is -2.05. The van der Waals surface area contributed by atoms with E-state index in [0.717, 1.165) is 24.2 Å². The highest BCUT2D eigenvalue weighted by Gasteiger charge is 2.09. The average molecular weight is 361 g/mol. The quantitative estimate of drug-likeness (QED) is 0.584. The number of hydrogen-bond donors (Lipinski definition) is 3. The molecule has 0 aliphatic rings. The topological polar surface area (TPSA) is 127 Å². The third kappa shape index (κ3) is 6.30. The zero-order valence-corrected chi connectivity index (χ0v) is 14.3. The van der Waals surface area contributed by atoms with Crippen LogP contribution in [0.1, 0.15) is 46.7 Å². The Morgan fingerprint density at radius 2 is 1.96 bits per heavy atom. The fourth-order valence-corrected chi connectivity index (χ4v) is 2.72. The number of primary amides is 1. The van der Waals surface area contributed by atoms with Crippen LogP contribution in [-0.4, -0.2) is 34.2 Å². The Hall–Kier alpha value is -2.81. The summed E-state index contributed by atoms with van der Waals surface area (Å²) in [5, 5.41) is 7.28. The number of nitrogens with one attached hydrogen (secondary N) is 2. The zero-order valence-electron chi connectivity index (χ0n) is 13.5. The Kier molecular flexibility index (Phi) is 7.02. The van der Waals surface area contributed by atoms with Crippen molar-refractivity contribution in [1.29, 1.82) is 0 Å². The van der Waals surface area contributed by atoms with Gasteiger partial charge in [-0.05, 0) is 25.0 Å². The van der Waals surface area contributed by atoms with Crippen LogP contribution in [0.4, 0.5) is 5.13 Å². The number of carbonyl (C=O) groups excluding carboxylic acids is 3. The lowest BCUT2D eigenvalue weighted by molar-refractivity contribution is -0.116. The highest BCUT2D eigenvalue weighted by atomic mass is 32.1. The van der Waals surface area contributed by atoms with Gasteiger partial charge in [0.05, 0.1) is 0 Å². The fourth-order valence-electron chi connectivity index (χ4n) is 2.00. The van der Waals surface area contributed by atoms with Crippen molar-refractivity contribution in [2.24, 2.45) is 5.73 Å². The van der Waals surface area contributed by atoms with Crippen LogP contribution in [0.25, 0.3) is 0 Å². The number of anilines is 1. The maximum atomic E-state index is 11.8. The van der Waals surface area contributed by atoms with Crippen LogP contribution in [0.15, 0.2) is 29.8 Å². The van der Waals surface area contributed by atoms with Gasteiger partial charge >= 0.3 is 0 Å². The molecule has 2 heterocycles. The van der Waals surface area contributed by atoms with Crippen LogP contribution in [0, 0.1) is 0 Å². The van der Waals surface area contributed by atoms with Gasteiger partial charge in [0.2, 0.25) is 5.91 Å². The number of pyridine rings is 1. The van der Waals surface area contributed by atoms with Crippen molar-refractivity contribution in [3.05, 3.63) is 41.2 Å². The molecule has 0 saturated carbocycles. The second-order valence-electron chi connectivity index (χ2n) is 5.23. The molecule has 0 saturated heterocycles. The summed E-state index contributed by atoms with van der Waals surface area (Å²) in [6, 6.07) is 5.17. The van der Waals surface area contributed by atoms with E-state index >= 15 is 0 Å². The van der Waals surface area contributed by atoms with Crippen molar-refractivity contribution in [2.45, 2.75) is 25.7 Å². The van der Waals surface area contributed by atoms with Crippen molar-refractivity contribution in [3.63, 3.8) is 0 Å². The zero-order chi connectivity index (χ0) is 18.1. The van der Waals surface area contributed by atoms with Crippen LogP contribution in [0.3, 0.4) is 0 Å². The maximum Gasteiger partial charge on any atom is 0.269 e. The minimum atomic E-state index is -0.621. The Balaban J connectivity index is 1.57. The summed E-state index contributed by atoms with van der Waals surface area (Å²) >= 11 is 1.16. The van der Waals surface area contributed by atoms with Crippen molar-refractivity contribution in [3.8, 4) is 0 Å². The lowest BCUT2D eigenvalue weighted by Crippen LogP contribution is -2.25. The van der Waals surface area contributed by atoms with E-state index in [9.17, 15) is 14.4 Å². The number of amides is 3. The van der Waals surface area contributed by atoms with Crippen LogP contribution in [0.2, 0.25) is 0 Å². The average Bonchev–Trinajstić information content (AvgIpc) is 3.07. The molecule has 0 atom stereocenters. The molecule has 0 aromatic carbocycles. The number of nitrogens with zero attached hydrogens (tertiary/aromatic N) is 2. The van der Waals surface area contributed by atoms with E-state index in [2.05, 4.69) is 20.6 Å². The molecule has 2 rings (SSSR count). The Morgan fingerprint density at radius 3 is 2.64 bits per heavy atom. The number of aromatic nitrogens is 2. The van der Waals surface area contributed by atoms with E-state index in [1.54, 1.807) is 24.4 Å². The molecule has 25 heavy (non-hydrogen) atoms. The first kappa shape index (κ1) is 18.5. The number of nitrogens with two attached hydrogens (primary N) is 1. The van der Waals surface area contributed by atoms with Crippen LogP contribution in [0.5, 0.6) is 0 Å². The monoisotopic (exact) mass is 361 g/mol. The standard InChI is InChI=1S/C16H19N5O3S/c17-14(23)12-10-25-16(20-12)21-13(22)7-2-1-4-9-19-15(24)11-6-3-5-8-18-11/h3,5-6,8,10H,1-2,4,7,9H2,(H2,17,23)(H,19,24)(H,20,21,22). The number of hydrogen-bond acceptors (Lipinski definition) is 6. The van der Waals surface area contributed by atoms with Gasteiger partial charge in [0.15, 0.2) is 5.13 Å². The van der Waals surface area contributed by atoms with E-state index in [1.165, 1.54) is 5.38 Å². The van der Waals surface area contributed by atoms with E-state index in [4.69, 9.17) is 5.73 Å². The van der Waals surface area contributed by atoms with Gasteiger partial charge in [-0.1, -0.05) is 12.5 Å². The van der Waals surface area contributed by atoms with Gasteiger partial charge < -0.3 is 16.4 Å². The van der Waals surface area contributed by atoms with Gasteiger partial charge in [0.1, 0.15) is 11.4 Å². The molecule has 4 N–H and O–H groups in total. The molecule has 0 aliphatic carbocycles. The second-order valence-corrected chi connectivity index (χ2v) is 6.09. The molecule has 3 amide bonds. The third-order valence-electron chi connectivity index (χ3n) is 3.27. The molecule has 0 bridgehead atoms. The summed E-state index contributed by atoms with van der Waals surface area (Å²) in [6.07, 6.45) is 4.19. The molecule has 2 aromatic rings.